The second kappa shape index (κ2) is 10.7. The van der Waals surface area contributed by atoms with Gasteiger partial charge in [0.25, 0.3) is 0 Å². The number of aryl methyl sites for hydroxylation is 1. The number of aromatic carboxylic acids is 1. The first kappa shape index (κ1) is 24.5. The van der Waals surface area contributed by atoms with E-state index in [2.05, 4.69) is 4.89 Å². The van der Waals surface area contributed by atoms with Crippen LogP contribution in [-0.2, 0) is 15.8 Å². The van der Waals surface area contributed by atoms with Gasteiger partial charge in [-0.1, -0.05) is 6.07 Å². The maximum Gasteiger partial charge on any atom is 0.335 e. The SMILES string of the molecule is COOSc1ccc(OCc2ccc(F)cc2F)c(-c2ccc(C)n2-c2cccc(C(=O)O)c2)c1. The summed E-state index contributed by atoms with van der Waals surface area (Å²) in [6, 6.07) is 19.0. The van der Waals surface area contributed by atoms with E-state index < -0.39 is 17.6 Å². The van der Waals surface area contributed by atoms with Gasteiger partial charge in [0.1, 0.15) is 24.0 Å². The first-order valence-corrected chi connectivity index (χ1v) is 11.2. The summed E-state index contributed by atoms with van der Waals surface area (Å²) in [7, 11) is 1.40. The van der Waals surface area contributed by atoms with Crippen LogP contribution in [0.5, 0.6) is 5.75 Å². The molecule has 9 heteroatoms. The van der Waals surface area contributed by atoms with E-state index in [1.807, 2.05) is 35.8 Å². The smallest absolute Gasteiger partial charge is 0.335 e. The van der Waals surface area contributed by atoms with Crippen molar-refractivity contribution < 1.29 is 32.6 Å². The largest absolute Gasteiger partial charge is 0.488 e. The molecule has 4 rings (SSSR count). The van der Waals surface area contributed by atoms with E-state index in [-0.39, 0.29) is 17.7 Å². The van der Waals surface area contributed by atoms with Crippen molar-refractivity contribution in [1.82, 2.24) is 4.57 Å². The van der Waals surface area contributed by atoms with Gasteiger partial charge < -0.3 is 14.4 Å². The molecule has 0 amide bonds. The minimum absolute atomic E-state index is 0.117. The number of carboxylic acids is 1. The Morgan fingerprint density at radius 3 is 2.60 bits per heavy atom. The average molecular weight is 498 g/mol. The summed E-state index contributed by atoms with van der Waals surface area (Å²) in [6.07, 6.45) is 0. The zero-order chi connectivity index (χ0) is 24.9. The van der Waals surface area contributed by atoms with Crippen molar-refractivity contribution >= 4 is 18.0 Å². The number of benzene rings is 3. The molecule has 180 valence electrons. The van der Waals surface area contributed by atoms with Gasteiger partial charge in [-0.3, -0.25) is 0 Å². The zero-order valence-electron chi connectivity index (χ0n) is 18.8. The van der Waals surface area contributed by atoms with Crippen molar-refractivity contribution in [2.75, 3.05) is 7.11 Å². The Labute approximate surface area is 204 Å². The Morgan fingerprint density at radius 2 is 1.86 bits per heavy atom. The maximum atomic E-state index is 14.2. The lowest BCUT2D eigenvalue weighted by atomic mass is 10.1. The summed E-state index contributed by atoms with van der Waals surface area (Å²) in [5.74, 6) is -1.94. The minimum Gasteiger partial charge on any atom is -0.488 e. The van der Waals surface area contributed by atoms with Crippen LogP contribution in [0.2, 0.25) is 0 Å². The van der Waals surface area contributed by atoms with Crippen molar-refractivity contribution in [3.63, 3.8) is 0 Å². The van der Waals surface area contributed by atoms with Crippen molar-refractivity contribution in [3.05, 3.63) is 101 Å². The average Bonchev–Trinajstić information content (AvgIpc) is 3.23. The molecule has 1 N–H and O–H groups in total. The van der Waals surface area contributed by atoms with E-state index in [0.717, 1.165) is 29.5 Å². The van der Waals surface area contributed by atoms with E-state index in [9.17, 15) is 18.7 Å². The van der Waals surface area contributed by atoms with Gasteiger partial charge in [0, 0.05) is 33.5 Å². The highest BCUT2D eigenvalue weighted by molar-refractivity contribution is 7.94. The number of aromatic nitrogens is 1. The maximum absolute atomic E-state index is 14.2. The van der Waals surface area contributed by atoms with Crippen LogP contribution in [-0.4, -0.2) is 22.8 Å². The quantitative estimate of drug-likeness (QED) is 0.160. The molecule has 6 nitrogen and oxygen atoms in total. The van der Waals surface area contributed by atoms with Crippen LogP contribution in [0.1, 0.15) is 21.6 Å². The monoisotopic (exact) mass is 497 g/mol. The summed E-state index contributed by atoms with van der Waals surface area (Å²) in [5, 5.41) is 9.43. The van der Waals surface area contributed by atoms with Crippen LogP contribution >= 0.6 is 12.0 Å². The molecule has 35 heavy (non-hydrogen) atoms. The van der Waals surface area contributed by atoms with Crippen molar-refractivity contribution in [2.45, 2.75) is 18.4 Å². The molecule has 1 heterocycles. The van der Waals surface area contributed by atoms with E-state index in [4.69, 9.17) is 9.07 Å². The summed E-state index contributed by atoms with van der Waals surface area (Å²) >= 11 is 1.00. The van der Waals surface area contributed by atoms with Gasteiger partial charge in [-0.25, -0.2) is 18.5 Å². The molecule has 1 aromatic heterocycles. The molecule has 0 saturated heterocycles. The summed E-state index contributed by atoms with van der Waals surface area (Å²) < 4.78 is 40.3. The Bertz CT molecular complexity index is 1370. The fourth-order valence-corrected chi connectivity index (χ4v) is 4.06. The summed E-state index contributed by atoms with van der Waals surface area (Å²) in [4.78, 5) is 16.9. The van der Waals surface area contributed by atoms with Gasteiger partial charge in [0.15, 0.2) is 0 Å². The molecule has 0 fully saturated rings. The zero-order valence-corrected chi connectivity index (χ0v) is 19.6. The number of rotatable bonds is 9. The molecule has 0 unspecified atom stereocenters. The Hall–Kier alpha value is -3.66. The second-order valence-electron chi connectivity index (χ2n) is 7.55. The lowest BCUT2D eigenvalue weighted by molar-refractivity contribution is -0.160. The van der Waals surface area contributed by atoms with E-state index >= 15 is 0 Å². The Balaban J connectivity index is 1.78. The normalized spacial score (nSPS) is 11.0. The first-order chi connectivity index (χ1) is 16.9. The molecule has 0 aliphatic heterocycles. The molecular formula is C26H21F2NO5S. The van der Waals surface area contributed by atoms with Crippen LogP contribution < -0.4 is 4.74 Å². The van der Waals surface area contributed by atoms with Crippen LogP contribution in [0.25, 0.3) is 16.9 Å². The third-order valence-electron chi connectivity index (χ3n) is 5.25. The van der Waals surface area contributed by atoms with Crippen molar-refractivity contribution in [3.8, 4) is 22.7 Å². The van der Waals surface area contributed by atoms with Crippen molar-refractivity contribution in [2.24, 2.45) is 0 Å². The molecule has 0 saturated carbocycles. The second-order valence-corrected chi connectivity index (χ2v) is 8.33. The van der Waals surface area contributed by atoms with Gasteiger partial charge in [0.05, 0.1) is 30.4 Å². The lowest BCUT2D eigenvalue weighted by Gasteiger charge is -2.17. The number of hydrogen-bond donors (Lipinski definition) is 1. The standard InChI is InChI=1S/C26H21F2NO5S/c1-16-6-10-24(29(16)20-5-3-4-17(12-20)26(30)31)22-14-21(35-34-32-2)9-11-25(22)33-15-18-7-8-19(27)13-23(18)28/h3-14H,15H2,1-2H3,(H,30,31). The van der Waals surface area contributed by atoms with Gasteiger partial charge in [-0.05, 0) is 67.6 Å². The van der Waals surface area contributed by atoms with Crippen LogP contribution in [0.15, 0.2) is 77.7 Å². The van der Waals surface area contributed by atoms with Crippen LogP contribution in [0.3, 0.4) is 0 Å². The topological polar surface area (TPSA) is 69.9 Å². The fraction of sp³-hybridized carbons (Fsp3) is 0.115. The van der Waals surface area contributed by atoms with Crippen molar-refractivity contribution in [1.29, 1.82) is 0 Å². The molecule has 3 aromatic carbocycles. The first-order valence-electron chi connectivity index (χ1n) is 10.5. The number of halogens is 2. The summed E-state index contributed by atoms with van der Waals surface area (Å²) in [5.41, 5.74) is 3.26. The van der Waals surface area contributed by atoms with Crippen LogP contribution in [0.4, 0.5) is 8.78 Å². The number of ether oxygens (including phenoxy) is 1. The van der Waals surface area contributed by atoms with Gasteiger partial charge in [-0.15, -0.1) is 0 Å². The molecule has 0 atom stereocenters. The highest BCUT2D eigenvalue weighted by atomic mass is 32.2. The van der Waals surface area contributed by atoms with Gasteiger partial charge in [-0.2, -0.15) is 4.33 Å². The predicted octanol–water partition coefficient (Wildman–Crippen LogP) is 6.59. The van der Waals surface area contributed by atoms with E-state index in [1.165, 1.54) is 25.3 Å². The van der Waals surface area contributed by atoms with E-state index in [1.54, 1.807) is 24.3 Å². The fourth-order valence-electron chi connectivity index (χ4n) is 3.62. The lowest BCUT2D eigenvalue weighted by Crippen LogP contribution is -2.04. The number of nitrogens with zero attached hydrogens (tertiary/aromatic N) is 1. The summed E-state index contributed by atoms with van der Waals surface area (Å²) in [6.45, 7) is 1.78. The highest BCUT2D eigenvalue weighted by Gasteiger charge is 2.17. The van der Waals surface area contributed by atoms with E-state index in [0.29, 0.717) is 21.9 Å². The van der Waals surface area contributed by atoms with Gasteiger partial charge in [0.2, 0.25) is 0 Å². The molecule has 0 aliphatic rings. The molecule has 0 bridgehead atoms. The molecule has 0 aliphatic carbocycles. The molecular weight excluding hydrogens is 476 g/mol. The minimum atomic E-state index is -1.03. The molecule has 4 aromatic rings. The Kier molecular flexibility index (Phi) is 7.50. The number of carbonyl (C=O) groups is 1. The molecule has 0 radical (unpaired) electrons. The molecule has 0 spiro atoms. The Morgan fingerprint density at radius 1 is 1.03 bits per heavy atom. The highest BCUT2D eigenvalue weighted by Crippen LogP contribution is 2.37. The third-order valence-corrected chi connectivity index (χ3v) is 5.90. The number of carboxylic acid groups (broad SMARTS) is 1. The van der Waals surface area contributed by atoms with Crippen LogP contribution in [0, 0.1) is 18.6 Å². The van der Waals surface area contributed by atoms with Gasteiger partial charge >= 0.3 is 5.97 Å². The number of hydrogen-bond acceptors (Lipinski definition) is 5. The third kappa shape index (κ3) is 5.54. The predicted molar refractivity (Wildman–Crippen MR) is 128 cm³/mol.